The zero-order chi connectivity index (χ0) is 16.6. The number of carbonyl (C=O) groups is 1. The number of aromatic hydroxyl groups is 1. The molecule has 0 amide bonds. The van der Waals surface area contributed by atoms with E-state index in [1.54, 1.807) is 18.2 Å². The maximum atomic E-state index is 11.6. The van der Waals surface area contributed by atoms with Gasteiger partial charge in [-0.25, -0.2) is 0 Å². The number of ether oxygens (including phenoxy) is 1. The molecule has 0 atom stereocenters. The summed E-state index contributed by atoms with van der Waals surface area (Å²) in [6, 6.07) is 5.30. The van der Waals surface area contributed by atoms with Gasteiger partial charge in [-0.1, -0.05) is 6.07 Å². The number of carbonyl (C=O) groups excluding carboxylic acids is 1. The molecule has 5 heteroatoms. The Morgan fingerprint density at radius 2 is 2.04 bits per heavy atom. The average Bonchev–Trinajstić information content (AvgIpc) is 2.52. The maximum absolute atomic E-state index is 11.6. The molecule has 23 heavy (non-hydrogen) atoms. The Kier molecular flexibility index (Phi) is 3.86. The minimum atomic E-state index is -0.338. The van der Waals surface area contributed by atoms with E-state index in [-0.39, 0.29) is 17.3 Å². The summed E-state index contributed by atoms with van der Waals surface area (Å²) in [6.07, 6.45) is 4.44. The summed E-state index contributed by atoms with van der Waals surface area (Å²) in [5.41, 5.74) is 3.81. The number of methoxy groups -OCH3 is 1. The molecule has 0 aromatic heterocycles. The van der Waals surface area contributed by atoms with E-state index in [0.717, 1.165) is 35.4 Å². The number of hydrogen-bond acceptors (Lipinski definition) is 5. The van der Waals surface area contributed by atoms with Crippen LogP contribution in [0.15, 0.2) is 53.0 Å². The van der Waals surface area contributed by atoms with Crippen molar-refractivity contribution in [2.24, 2.45) is 0 Å². The fraction of sp³-hybridized carbons (Fsp3) is 0.278. The summed E-state index contributed by atoms with van der Waals surface area (Å²) in [5, 5.41) is 19.7. The van der Waals surface area contributed by atoms with E-state index < -0.39 is 0 Å². The summed E-state index contributed by atoms with van der Waals surface area (Å²) in [4.78, 5) is 13.8. The molecule has 1 aliphatic carbocycles. The van der Waals surface area contributed by atoms with Gasteiger partial charge >= 0.3 is 0 Å². The summed E-state index contributed by atoms with van der Waals surface area (Å²) < 4.78 is 5.06. The van der Waals surface area contributed by atoms with Gasteiger partial charge in [0.25, 0.3) is 0 Å². The first-order valence-corrected chi connectivity index (χ1v) is 7.45. The van der Waals surface area contributed by atoms with Crippen molar-refractivity contribution in [1.29, 1.82) is 0 Å². The van der Waals surface area contributed by atoms with Gasteiger partial charge in [0.05, 0.1) is 7.11 Å². The highest BCUT2D eigenvalue weighted by Crippen LogP contribution is 2.34. The molecular weight excluding hydrogens is 294 g/mol. The van der Waals surface area contributed by atoms with Crippen molar-refractivity contribution in [3.05, 3.63) is 58.5 Å². The largest absolute Gasteiger partial charge is 0.504 e. The molecule has 0 bridgehead atoms. The van der Waals surface area contributed by atoms with Gasteiger partial charge in [-0.05, 0) is 41.8 Å². The quantitative estimate of drug-likeness (QED) is 0.897. The van der Waals surface area contributed by atoms with E-state index in [1.165, 1.54) is 13.2 Å². The predicted octanol–water partition coefficient (Wildman–Crippen LogP) is 2.48. The van der Waals surface area contributed by atoms with Crippen LogP contribution in [0.2, 0.25) is 0 Å². The van der Waals surface area contributed by atoms with E-state index in [2.05, 4.69) is 4.90 Å². The molecule has 5 nitrogen and oxygen atoms in total. The number of phenols is 1. The number of phenolic OH excluding ortho intramolecular Hbond substituents is 1. The zero-order valence-corrected chi connectivity index (χ0v) is 13.2. The molecule has 120 valence electrons. The van der Waals surface area contributed by atoms with Gasteiger partial charge < -0.3 is 19.8 Å². The van der Waals surface area contributed by atoms with Crippen LogP contribution in [0.1, 0.15) is 12.0 Å². The van der Waals surface area contributed by atoms with Crippen molar-refractivity contribution in [1.82, 2.24) is 4.90 Å². The lowest BCUT2D eigenvalue weighted by Gasteiger charge is -2.32. The van der Waals surface area contributed by atoms with E-state index in [4.69, 9.17) is 4.74 Å². The third-order valence-electron chi connectivity index (χ3n) is 4.29. The van der Waals surface area contributed by atoms with Crippen LogP contribution >= 0.6 is 0 Å². The van der Waals surface area contributed by atoms with Crippen LogP contribution in [0.25, 0.3) is 0 Å². The molecule has 2 aliphatic rings. The number of benzene rings is 1. The first-order valence-electron chi connectivity index (χ1n) is 7.45. The van der Waals surface area contributed by atoms with Crippen molar-refractivity contribution in [3.63, 3.8) is 0 Å². The number of aliphatic hydroxyl groups is 1. The van der Waals surface area contributed by atoms with Gasteiger partial charge in [0.15, 0.2) is 17.3 Å². The van der Waals surface area contributed by atoms with Gasteiger partial charge in [-0.3, -0.25) is 4.79 Å². The van der Waals surface area contributed by atoms with Crippen LogP contribution in [0.4, 0.5) is 0 Å². The molecule has 0 saturated heterocycles. The van der Waals surface area contributed by atoms with E-state index in [0.29, 0.717) is 12.2 Å². The fourth-order valence-corrected chi connectivity index (χ4v) is 2.98. The molecule has 2 N–H and O–H groups in total. The standard InChI is InChI=1S/C18H19NO4/c1-19-6-5-12-9-15(20)16(21)10-13(12)14(19)7-11-3-4-18(23-2)17(22)8-11/h3-4,8-10,21-22H,5-7H2,1-2H3. The van der Waals surface area contributed by atoms with Crippen LogP contribution < -0.4 is 4.74 Å². The number of fused-ring (bicyclic) bond motifs is 1. The number of likely N-dealkylation sites (N-methyl/N-ethyl adjacent to an activating group) is 1. The highest BCUT2D eigenvalue weighted by atomic mass is 16.5. The first-order chi connectivity index (χ1) is 11.0. The molecule has 0 spiro atoms. The van der Waals surface area contributed by atoms with Gasteiger partial charge in [-0.2, -0.15) is 0 Å². The van der Waals surface area contributed by atoms with Gasteiger partial charge in [0, 0.05) is 31.3 Å². The zero-order valence-electron chi connectivity index (χ0n) is 13.2. The van der Waals surface area contributed by atoms with Gasteiger partial charge in [0.1, 0.15) is 0 Å². The van der Waals surface area contributed by atoms with Crippen molar-refractivity contribution in [2.45, 2.75) is 12.8 Å². The minimum absolute atomic E-state index is 0.0991. The maximum Gasteiger partial charge on any atom is 0.220 e. The van der Waals surface area contributed by atoms with E-state index >= 15 is 0 Å². The Balaban J connectivity index is 1.99. The number of nitrogens with zero attached hydrogens (tertiary/aromatic N) is 1. The normalized spacial score (nSPS) is 17.7. The number of rotatable bonds is 3. The van der Waals surface area contributed by atoms with Crippen molar-refractivity contribution >= 4 is 5.78 Å². The number of ketones is 1. The van der Waals surface area contributed by atoms with Gasteiger partial charge in [0.2, 0.25) is 5.78 Å². The van der Waals surface area contributed by atoms with Crippen molar-refractivity contribution in [2.75, 3.05) is 20.7 Å². The Hall–Kier alpha value is -2.69. The second-order valence-corrected chi connectivity index (χ2v) is 5.78. The highest BCUT2D eigenvalue weighted by Gasteiger charge is 2.25. The van der Waals surface area contributed by atoms with Crippen LogP contribution in [0, 0.1) is 0 Å². The average molecular weight is 313 g/mol. The third kappa shape index (κ3) is 2.82. The van der Waals surface area contributed by atoms with Crippen LogP contribution in [-0.4, -0.2) is 41.6 Å². The summed E-state index contributed by atoms with van der Waals surface area (Å²) in [7, 11) is 3.50. The topological polar surface area (TPSA) is 70.0 Å². The number of hydrogen-bond donors (Lipinski definition) is 2. The molecule has 1 heterocycles. The molecular formula is C18H19NO4. The predicted molar refractivity (Wildman–Crippen MR) is 86.4 cm³/mol. The Bertz CT molecular complexity index is 758. The molecule has 0 fully saturated rings. The fourth-order valence-electron chi connectivity index (χ4n) is 2.98. The van der Waals surface area contributed by atoms with Crippen molar-refractivity contribution in [3.8, 4) is 11.5 Å². The minimum Gasteiger partial charge on any atom is -0.504 e. The lowest BCUT2D eigenvalue weighted by molar-refractivity contribution is -0.113. The number of aliphatic hydroxyl groups excluding tert-OH is 1. The Morgan fingerprint density at radius 3 is 2.74 bits per heavy atom. The molecule has 0 saturated carbocycles. The van der Waals surface area contributed by atoms with Crippen molar-refractivity contribution < 1.29 is 19.7 Å². The number of allylic oxidation sites excluding steroid dienone is 4. The highest BCUT2D eigenvalue weighted by molar-refractivity contribution is 6.05. The SMILES string of the molecule is COc1ccc(CC2=C3C=C(O)C(=O)C=C3CCN2C)cc1O. The van der Waals surface area contributed by atoms with Crippen LogP contribution in [0.5, 0.6) is 11.5 Å². The molecule has 1 aromatic carbocycles. The lowest BCUT2D eigenvalue weighted by Crippen LogP contribution is -2.28. The second-order valence-electron chi connectivity index (χ2n) is 5.78. The van der Waals surface area contributed by atoms with E-state index in [1.807, 2.05) is 13.1 Å². The van der Waals surface area contributed by atoms with Crippen LogP contribution in [0.3, 0.4) is 0 Å². The smallest absolute Gasteiger partial charge is 0.220 e. The third-order valence-corrected chi connectivity index (χ3v) is 4.29. The summed E-state index contributed by atoms with van der Waals surface area (Å²) in [5.74, 6) is -0.0318. The molecule has 0 unspecified atom stereocenters. The Labute approximate surface area is 134 Å². The lowest BCUT2D eigenvalue weighted by atomic mass is 9.88. The molecule has 3 rings (SSSR count). The van der Waals surface area contributed by atoms with Crippen LogP contribution in [-0.2, 0) is 11.2 Å². The van der Waals surface area contributed by atoms with Gasteiger partial charge in [-0.15, -0.1) is 0 Å². The molecule has 1 aliphatic heterocycles. The van der Waals surface area contributed by atoms with E-state index in [9.17, 15) is 15.0 Å². The first kappa shape index (κ1) is 15.2. The molecule has 1 aromatic rings. The molecule has 0 radical (unpaired) electrons. The Morgan fingerprint density at radius 1 is 1.26 bits per heavy atom. The second kappa shape index (κ2) is 5.83. The summed E-state index contributed by atoms with van der Waals surface area (Å²) >= 11 is 0. The monoisotopic (exact) mass is 313 g/mol. The summed E-state index contributed by atoms with van der Waals surface area (Å²) in [6.45, 7) is 0.814.